The van der Waals surface area contributed by atoms with E-state index in [0.29, 0.717) is 29.3 Å². The second kappa shape index (κ2) is 7.77. The summed E-state index contributed by atoms with van der Waals surface area (Å²) in [5, 5.41) is 6.86. The summed E-state index contributed by atoms with van der Waals surface area (Å²) in [5.41, 5.74) is 2.17. The van der Waals surface area contributed by atoms with Gasteiger partial charge >= 0.3 is 0 Å². The highest BCUT2D eigenvalue weighted by Gasteiger charge is 2.29. The lowest BCUT2D eigenvalue weighted by atomic mass is 10.0. The Morgan fingerprint density at radius 2 is 1.77 bits per heavy atom. The van der Waals surface area contributed by atoms with E-state index in [4.69, 9.17) is 19.0 Å². The van der Waals surface area contributed by atoms with E-state index in [1.54, 1.807) is 51.7 Å². The Bertz CT molecular complexity index is 817. The van der Waals surface area contributed by atoms with E-state index < -0.39 is 6.10 Å². The number of oxime groups is 1. The number of amides is 1. The lowest BCUT2D eigenvalue weighted by Crippen LogP contribution is -2.28. The maximum Gasteiger partial charge on any atom is 0.268 e. The normalized spacial score (nSPS) is 15.7. The van der Waals surface area contributed by atoms with Gasteiger partial charge in [0.15, 0.2) is 11.5 Å². The minimum atomic E-state index is -0.680. The Morgan fingerprint density at radius 1 is 1.04 bits per heavy atom. The number of nitrogens with one attached hydrogen (secondary N) is 1. The van der Waals surface area contributed by atoms with Crippen LogP contribution in [0.1, 0.15) is 12.0 Å². The molecule has 1 aliphatic heterocycles. The van der Waals surface area contributed by atoms with Gasteiger partial charge in [0.25, 0.3) is 5.91 Å². The molecular weight excluding hydrogens is 336 g/mol. The second-order valence-electron chi connectivity index (χ2n) is 5.62. The summed E-state index contributed by atoms with van der Waals surface area (Å²) in [6.07, 6.45) is -0.308. The number of carbonyl (C=O) groups excluding carboxylic acids is 1. The molecule has 7 heteroatoms. The van der Waals surface area contributed by atoms with Gasteiger partial charge in [-0.3, -0.25) is 4.79 Å². The summed E-state index contributed by atoms with van der Waals surface area (Å²) >= 11 is 0. The summed E-state index contributed by atoms with van der Waals surface area (Å²) in [5.74, 6) is 1.69. The van der Waals surface area contributed by atoms with Crippen molar-refractivity contribution in [3.8, 4) is 17.2 Å². The van der Waals surface area contributed by atoms with E-state index >= 15 is 0 Å². The molecule has 26 heavy (non-hydrogen) atoms. The number of rotatable bonds is 6. The van der Waals surface area contributed by atoms with Crippen molar-refractivity contribution in [1.82, 2.24) is 0 Å². The predicted molar refractivity (Wildman–Crippen MR) is 97.2 cm³/mol. The molecule has 3 rings (SSSR count). The van der Waals surface area contributed by atoms with E-state index in [9.17, 15) is 4.79 Å². The molecule has 1 amide bonds. The number of carbonyl (C=O) groups is 1. The monoisotopic (exact) mass is 356 g/mol. The van der Waals surface area contributed by atoms with Crippen LogP contribution in [0.4, 0.5) is 5.69 Å². The van der Waals surface area contributed by atoms with Gasteiger partial charge in [0.05, 0.1) is 27.0 Å². The van der Waals surface area contributed by atoms with Crippen LogP contribution in [-0.4, -0.2) is 39.1 Å². The molecule has 2 aromatic carbocycles. The minimum absolute atomic E-state index is 0.255. The lowest BCUT2D eigenvalue weighted by Gasteiger charge is -2.10. The third-order valence-corrected chi connectivity index (χ3v) is 4.04. The molecule has 1 atom stereocenters. The van der Waals surface area contributed by atoms with Crippen molar-refractivity contribution in [3.63, 3.8) is 0 Å². The zero-order valence-electron chi connectivity index (χ0n) is 14.8. The van der Waals surface area contributed by atoms with Crippen molar-refractivity contribution >= 4 is 17.3 Å². The quantitative estimate of drug-likeness (QED) is 0.861. The third-order valence-electron chi connectivity index (χ3n) is 4.04. The van der Waals surface area contributed by atoms with Crippen LogP contribution in [0, 0.1) is 0 Å². The zero-order chi connectivity index (χ0) is 18.5. The third kappa shape index (κ3) is 3.72. The number of hydrogen-bond acceptors (Lipinski definition) is 6. The summed E-state index contributed by atoms with van der Waals surface area (Å²) < 4.78 is 15.6. The fraction of sp³-hybridized carbons (Fsp3) is 0.263. The van der Waals surface area contributed by atoms with Gasteiger partial charge in [-0.05, 0) is 42.5 Å². The van der Waals surface area contributed by atoms with Gasteiger partial charge in [-0.15, -0.1) is 0 Å². The molecule has 0 saturated heterocycles. The molecule has 0 unspecified atom stereocenters. The number of methoxy groups -OCH3 is 3. The van der Waals surface area contributed by atoms with E-state index in [1.807, 2.05) is 12.1 Å². The molecule has 1 N–H and O–H groups in total. The van der Waals surface area contributed by atoms with Gasteiger partial charge in [-0.25, -0.2) is 0 Å². The Hall–Kier alpha value is -3.22. The van der Waals surface area contributed by atoms with E-state index in [-0.39, 0.29) is 5.91 Å². The molecule has 1 heterocycles. The predicted octanol–water partition coefficient (Wildman–Crippen LogP) is 2.84. The molecule has 7 nitrogen and oxygen atoms in total. The summed E-state index contributed by atoms with van der Waals surface area (Å²) in [6, 6.07) is 12.5. The largest absolute Gasteiger partial charge is 0.497 e. The maximum absolute atomic E-state index is 12.4. The van der Waals surface area contributed by atoms with Crippen molar-refractivity contribution in [2.45, 2.75) is 12.5 Å². The number of benzene rings is 2. The van der Waals surface area contributed by atoms with Crippen LogP contribution < -0.4 is 19.5 Å². The smallest absolute Gasteiger partial charge is 0.268 e. The van der Waals surface area contributed by atoms with Crippen LogP contribution in [0.15, 0.2) is 47.6 Å². The SMILES string of the molecule is COc1ccc(NC(=O)[C@@H]2CC(c3ccc(OC)c(OC)c3)=NO2)cc1. The molecule has 0 aromatic heterocycles. The molecule has 2 aromatic rings. The van der Waals surface area contributed by atoms with Crippen LogP contribution in [0.2, 0.25) is 0 Å². The molecule has 136 valence electrons. The van der Waals surface area contributed by atoms with Crippen LogP contribution >= 0.6 is 0 Å². The highest BCUT2D eigenvalue weighted by molar-refractivity contribution is 6.06. The average Bonchev–Trinajstić information content (AvgIpc) is 3.18. The first-order valence-electron chi connectivity index (χ1n) is 8.04. The van der Waals surface area contributed by atoms with Crippen LogP contribution in [0.25, 0.3) is 0 Å². The number of anilines is 1. The zero-order valence-corrected chi connectivity index (χ0v) is 14.8. The first-order chi connectivity index (χ1) is 12.6. The van der Waals surface area contributed by atoms with Crippen molar-refractivity contribution in [3.05, 3.63) is 48.0 Å². The molecule has 0 aliphatic carbocycles. The first-order valence-corrected chi connectivity index (χ1v) is 8.04. The van der Waals surface area contributed by atoms with Crippen molar-refractivity contribution in [2.75, 3.05) is 26.6 Å². The van der Waals surface area contributed by atoms with Crippen molar-refractivity contribution in [2.24, 2.45) is 5.16 Å². The first kappa shape index (κ1) is 17.6. The molecule has 0 fully saturated rings. The van der Waals surface area contributed by atoms with Gasteiger partial charge in [0, 0.05) is 17.7 Å². The Morgan fingerprint density at radius 3 is 2.42 bits per heavy atom. The Balaban J connectivity index is 1.64. The van der Waals surface area contributed by atoms with Crippen molar-refractivity contribution in [1.29, 1.82) is 0 Å². The molecule has 0 radical (unpaired) electrons. The van der Waals surface area contributed by atoms with Gasteiger partial charge in [-0.1, -0.05) is 5.16 Å². The fourth-order valence-corrected chi connectivity index (χ4v) is 2.60. The fourth-order valence-electron chi connectivity index (χ4n) is 2.60. The molecule has 0 bridgehead atoms. The topological polar surface area (TPSA) is 78.4 Å². The van der Waals surface area contributed by atoms with E-state index in [2.05, 4.69) is 10.5 Å². The number of nitrogens with zero attached hydrogens (tertiary/aromatic N) is 1. The molecular formula is C19H20N2O5. The lowest BCUT2D eigenvalue weighted by molar-refractivity contribution is -0.125. The van der Waals surface area contributed by atoms with Gasteiger partial charge in [0.1, 0.15) is 5.75 Å². The van der Waals surface area contributed by atoms with Crippen LogP contribution in [-0.2, 0) is 9.63 Å². The summed E-state index contributed by atoms with van der Waals surface area (Å²) in [7, 11) is 4.74. The highest BCUT2D eigenvalue weighted by Crippen LogP contribution is 2.29. The van der Waals surface area contributed by atoms with Gasteiger partial charge in [-0.2, -0.15) is 0 Å². The second-order valence-corrected chi connectivity index (χ2v) is 5.62. The highest BCUT2D eigenvalue weighted by atomic mass is 16.6. The summed E-state index contributed by atoms with van der Waals surface area (Å²) in [6.45, 7) is 0. The standard InChI is InChI=1S/C19H20N2O5/c1-23-14-7-5-13(6-8-14)20-19(22)18-11-15(21-26-18)12-4-9-16(24-2)17(10-12)25-3/h4-10,18H,11H2,1-3H3,(H,20,22)/t18-/m0/s1. The Labute approximate surface area is 151 Å². The maximum atomic E-state index is 12.4. The molecule has 1 aliphatic rings. The van der Waals surface area contributed by atoms with Gasteiger partial charge < -0.3 is 24.4 Å². The number of hydrogen-bond donors (Lipinski definition) is 1. The number of ether oxygens (including phenoxy) is 3. The van der Waals surface area contributed by atoms with Crippen LogP contribution in [0.3, 0.4) is 0 Å². The van der Waals surface area contributed by atoms with Crippen molar-refractivity contribution < 1.29 is 23.8 Å². The molecule has 0 spiro atoms. The molecule has 0 saturated carbocycles. The minimum Gasteiger partial charge on any atom is -0.497 e. The average molecular weight is 356 g/mol. The van der Waals surface area contributed by atoms with E-state index in [0.717, 1.165) is 11.3 Å². The van der Waals surface area contributed by atoms with Gasteiger partial charge in [0.2, 0.25) is 6.10 Å². The van der Waals surface area contributed by atoms with E-state index in [1.165, 1.54) is 0 Å². The van der Waals surface area contributed by atoms with Crippen LogP contribution in [0.5, 0.6) is 17.2 Å². The Kier molecular flexibility index (Phi) is 5.26. The summed E-state index contributed by atoms with van der Waals surface area (Å²) in [4.78, 5) is 17.7.